The van der Waals surface area contributed by atoms with Gasteiger partial charge in [0.05, 0.1) is 69.3 Å². The molecule has 0 aliphatic carbocycles. The van der Waals surface area contributed by atoms with E-state index in [-0.39, 0.29) is 0 Å². The first-order valence-corrected chi connectivity index (χ1v) is 23.7. The summed E-state index contributed by atoms with van der Waals surface area (Å²) in [6.45, 7) is 8.08. The molecular formula is C65H38N8. The molecule has 338 valence electrons. The van der Waals surface area contributed by atoms with Crippen molar-refractivity contribution in [3.63, 3.8) is 0 Å². The summed E-state index contributed by atoms with van der Waals surface area (Å²) in [7, 11) is 0. The summed E-state index contributed by atoms with van der Waals surface area (Å²) in [6.07, 6.45) is 0. The molecule has 3 aromatic heterocycles. The van der Waals surface area contributed by atoms with Crippen molar-refractivity contribution >= 4 is 27.5 Å². The predicted molar refractivity (Wildman–Crippen MR) is 291 cm³/mol. The van der Waals surface area contributed by atoms with Crippen LogP contribution in [0.4, 0.5) is 5.69 Å². The number of nitrogens with zero attached hydrogens (tertiary/aromatic N) is 8. The van der Waals surface area contributed by atoms with Gasteiger partial charge < -0.3 is 4.57 Å². The lowest BCUT2D eigenvalue weighted by atomic mass is 9.95. The van der Waals surface area contributed by atoms with Crippen molar-refractivity contribution in [2.24, 2.45) is 0 Å². The molecule has 12 rings (SSSR count). The van der Waals surface area contributed by atoms with Crippen LogP contribution < -0.4 is 0 Å². The Kier molecular flexibility index (Phi) is 11.2. The zero-order chi connectivity index (χ0) is 49.3. The number of hydrogen-bond donors (Lipinski definition) is 0. The molecule has 8 heteroatoms. The smallest absolute Gasteiger partial charge is 0.194 e. The topological polar surface area (TPSA) is 108 Å². The van der Waals surface area contributed by atoms with E-state index in [1.807, 2.05) is 194 Å². The van der Waals surface area contributed by atoms with Crippen LogP contribution >= 0.6 is 0 Å². The second-order valence-electron chi connectivity index (χ2n) is 17.5. The van der Waals surface area contributed by atoms with Crippen molar-refractivity contribution in [2.75, 3.05) is 0 Å². The van der Waals surface area contributed by atoms with Crippen LogP contribution in [0.15, 0.2) is 231 Å². The lowest BCUT2D eigenvalue weighted by Crippen LogP contribution is -2.05. The predicted octanol–water partition coefficient (Wildman–Crippen LogP) is 16.0. The summed E-state index contributed by atoms with van der Waals surface area (Å²) in [5, 5.41) is 23.2. The van der Waals surface area contributed by atoms with Gasteiger partial charge in [-0.1, -0.05) is 176 Å². The number of aromatic nitrogens is 5. The minimum atomic E-state index is 0.408. The molecule has 0 spiro atoms. The summed E-state index contributed by atoms with van der Waals surface area (Å²) in [6, 6.07) is 80.6. The van der Waals surface area contributed by atoms with Gasteiger partial charge in [0.1, 0.15) is 0 Å². The van der Waals surface area contributed by atoms with E-state index < -0.39 is 0 Å². The zero-order valence-electron chi connectivity index (χ0n) is 39.0. The molecule has 0 saturated carbocycles. The Balaban J connectivity index is 1.24. The largest absolute Gasteiger partial charge is 0.308 e. The molecule has 8 nitrogen and oxygen atoms in total. The number of para-hydroxylation sites is 1. The molecule has 0 N–H and O–H groups in total. The lowest BCUT2D eigenvalue weighted by molar-refractivity contribution is 1.14. The molecular weight excluding hydrogens is 893 g/mol. The van der Waals surface area contributed by atoms with E-state index in [1.165, 1.54) is 0 Å². The standard InChI is InChI=1S/C65H38N8/c1-68-56-29-17-16-28-51(56)48-31-33-62-53(37-48)52-36-47(50-27-15-14-26-49(50)41-67)30-32-61(52)73(62)63-54(59-38-57(43-18-6-2-7-19-43)69-64(71-59)45-22-10-4-11-23-45)34-42(40-66)35-55(63)60-39-58(44-20-8-3-9-21-44)70-65(72-60)46-24-12-5-13-25-46/h2-39H. The lowest BCUT2D eigenvalue weighted by Gasteiger charge is -2.20. The molecule has 3 heterocycles. The molecule has 0 saturated heterocycles. The van der Waals surface area contributed by atoms with Gasteiger partial charge in [0, 0.05) is 44.2 Å². The van der Waals surface area contributed by atoms with E-state index in [1.54, 1.807) is 0 Å². The van der Waals surface area contributed by atoms with Crippen molar-refractivity contribution < 1.29 is 0 Å². The Morgan fingerprint density at radius 2 is 0.795 bits per heavy atom. The first kappa shape index (κ1) is 43.7. The Labute approximate surface area is 421 Å². The van der Waals surface area contributed by atoms with Crippen LogP contribution in [-0.4, -0.2) is 24.5 Å². The number of benzene rings is 9. The SMILES string of the molecule is [C-]#[N+]c1ccccc1-c1ccc2c(c1)c1cc(-c3ccccc3C#N)ccc1n2-c1c(-c2cc(-c3ccccc3)nc(-c3ccccc3)n2)cc(C#N)cc1-c1cc(-c2ccccc2)nc(-c2ccccc2)n1. The molecule has 9 aromatic carbocycles. The maximum atomic E-state index is 11.1. The van der Waals surface area contributed by atoms with E-state index in [2.05, 4.69) is 57.9 Å². The minimum Gasteiger partial charge on any atom is -0.308 e. The van der Waals surface area contributed by atoms with Crippen molar-refractivity contribution in [2.45, 2.75) is 0 Å². The Bertz CT molecular complexity index is 3840. The van der Waals surface area contributed by atoms with E-state index in [4.69, 9.17) is 26.5 Å². The van der Waals surface area contributed by atoms with Gasteiger partial charge in [-0.2, -0.15) is 10.5 Å². The second kappa shape index (κ2) is 18.7. The molecule has 0 atom stereocenters. The average Bonchev–Trinajstić information content (AvgIpc) is 3.80. The molecule has 0 bridgehead atoms. The highest BCUT2D eigenvalue weighted by Crippen LogP contribution is 2.45. The number of fused-ring (bicyclic) bond motifs is 3. The normalized spacial score (nSPS) is 11.0. The summed E-state index contributed by atoms with van der Waals surface area (Å²) in [5.41, 5.74) is 14.8. The van der Waals surface area contributed by atoms with Gasteiger partial charge in [0.25, 0.3) is 0 Å². The van der Waals surface area contributed by atoms with E-state index in [0.29, 0.717) is 62.4 Å². The fraction of sp³-hybridized carbons (Fsp3) is 0. The third-order valence-corrected chi connectivity index (χ3v) is 13.1. The highest BCUT2D eigenvalue weighted by atomic mass is 15.0. The van der Waals surface area contributed by atoms with Crippen LogP contribution in [0.25, 0.3) is 122 Å². The fourth-order valence-electron chi connectivity index (χ4n) is 9.69. The maximum Gasteiger partial charge on any atom is 0.194 e. The quantitative estimate of drug-likeness (QED) is 0.133. The molecule has 12 aromatic rings. The molecule has 0 aliphatic heterocycles. The minimum absolute atomic E-state index is 0.408. The molecule has 0 unspecified atom stereocenters. The van der Waals surface area contributed by atoms with Crippen LogP contribution in [0.1, 0.15) is 11.1 Å². The number of rotatable bonds is 9. The molecule has 0 radical (unpaired) electrons. The summed E-state index contributed by atoms with van der Waals surface area (Å²) < 4.78 is 2.25. The van der Waals surface area contributed by atoms with Crippen LogP contribution in [0, 0.1) is 29.2 Å². The van der Waals surface area contributed by atoms with Gasteiger partial charge >= 0.3 is 0 Å². The van der Waals surface area contributed by atoms with E-state index in [9.17, 15) is 10.5 Å². The van der Waals surface area contributed by atoms with Crippen molar-refractivity contribution in [3.05, 3.63) is 253 Å². The summed E-state index contributed by atoms with van der Waals surface area (Å²) >= 11 is 0. The molecule has 0 amide bonds. The number of hydrogen-bond acceptors (Lipinski definition) is 6. The van der Waals surface area contributed by atoms with Gasteiger partial charge in [-0.3, -0.25) is 0 Å². The van der Waals surface area contributed by atoms with Gasteiger partial charge in [-0.25, -0.2) is 24.8 Å². The Morgan fingerprint density at radius 3 is 1.27 bits per heavy atom. The molecule has 73 heavy (non-hydrogen) atoms. The van der Waals surface area contributed by atoms with Crippen molar-refractivity contribution in [1.82, 2.24) is 24.5 Å². The van der Waals surface area contributed by atoms with Crippen LogP contribution in [0.3, 0.4) is 0 Å². The highest BCUT2D eigenvalue weighted by molar-refractivity contribution is 6.13. The molecule has 0 fully saturated rings. The summed E-state index contributed by atoms with van der Waals surface area (Å²) in [4.78, 5) is 25.0. The van der Waals surface area contributed by atoms with Gasteiger partial charge in [-0.05, 0) is 76.9 Å². The van der Waals surface area contributed by atoms with Crippen molar-refractivity contribution in [1.29, 1.82) is 10.5 Å². The monoisotopic (exact) mass is 930 g/mol. The van der Waals surface area contributed by atoms with Crippen LogP contribution in [0.2, 0.25) is 0 Å². The van der Waals surface area contributed by atoms with E-state index in [0.717, 1.165) is 72.0 Å². The third kappa shape index (κ3) is 8.12. The highest BCUT2D eigenvalue weighted by Gasteiger charge is 2.26. The first-order chi connectivity index (χ1) is 36.0. The third-order valence-electron chi connectivity index (χ3n) is 13.1. The van der Waals surface area contributed by atoms with E-state index >= 15 is 0 Å². The fourth-order valence-corrected chi connectivity index (χ4v) is 9.69. The zero-order valence-corrected chi connectivity index (χ0v) is 39.0. The van der Waals surface area contributed by atoms with Gasteiger partial charge in [-0.15, -0.1) is 0 Å². The van der Waals surface area contributed by atoms with Crippen LogP contribution in [0.5, 0.6) is 0 Å². The molecule has 0 aliphatic rings. The Hall–Kier alpha value is -10.6. The first-order valence-electron chi connectivity index (χ1n) is 23.7. The second-order valence-corrected chi connectivity index (χ2v) is 17.5. The number of nitriles is 2. The van der Waals surface area contributed by atoms with Gasteiger partial charge in [0.2, 0.25) is 0 Å². The average molecular weight is 931 g/mol. The van der Waals surface area contributed by atoms with Crippen LogP contribution in [-0.2, 0) is 0 Å². The Morgan fingerprint density at radius 1 is 0.370 bits per heavy atom. The van der Waals surface area contributed by atoms with Gasteiger partial charge in [0.15, 0.2) is 17.3 Å². The maximum absolute atomic E-state index is 11.1. The van der Waals surface area contributed by atoms with Crippen molar-refractivity contribution in [3.8, 4) is 108 Å². The summed E-state index contributed by atoms with van der Waals surface area (Å²) in [5.74, 6) is 1.05.